The summed E-state index contributed by atoms with van der Waals surface area (Å²) in [6.07, 6.45) is 3.24. The summed E-state index contributed by atoms with van der Waals surface area (Å²) in [4.78, 5) is 21.7. The molecule has 3 rings (SSSR count). The summed E-state index contributed by atoms with van der Waals surface area (Å²) in [6.45, 7) is 0. The summed E-state index contributed by atoms with van der Waals surface area (Å²) in [5, 5.41) is 1.40. The van der Waals surface area contributed by atoms with Gasteiger partial charge in [-0.3, -0.25) is 14.0 Å². The monoisotopic (exact) mass is 333 g/mol. The Labute approximate surface area is 136 Å². The number of carbonyl (C=O) groups is 1. The standard InChI is InChI=1S/C16H13ClFN3O2/c1-20(23-2)16(22)12-9-13(17)15-19-6-7-21(15)14(12)10-4-3-5-11(18)8-10/h3-9H,1-2H3. The van der Waals surface area contributed by atoms with E-state index in [2.05, 4.69) is 4.98 Å². The second kappa shape index (κ2) is 5.98. The van der Waals surface area contributed by atoms with E-state index < -0.39 is 11.7 Å². The van der Waals surface area contributed by atoms with Crippen LogP contribution in [0, 0.1) is 5.82 Å². The number of halogens is 2. The van der Waals surface area contributed by atoms with E-state index >= 15 is 0 Å². The number of amides is 1. The molecule has 5 nitrogen and oxygen atoms in total. The number of imidazole rings is 1. The largest absolute Gasteiger partial charge is 0.298 e. The predicted molar refractivity (Wildman–Crippen MR) is 84.7 cm³/mol. The number of hydrogen-bond donors (Lipinski definition) is 0. The highest BCUT2D eigenvalue weighted by atomic mass is 35.5. The van der Waals surface area contributed by atoms with E-state index in [-0.39, 0.29) is 5.56 Å². The minimum absolute atomic E-state index is 0.287. The summed E-state index contributed by atoms with van der Waals surface area (Å²) < 4.78 is 15.3. The molecular weight excluding hydrogens is 321 g/mol. The molecule has 0 saturated carbocycles. The molecule has 7 heteroatoms. The highest BCUT2D eigenvalue weighted by Crippen LogP contribution is 2.30. The topological polar surface area (TPSA) is 46.8 Å². The second-order valence-electron chi connectivity index (χ2n) is 4.87. The van der Waals surface area contributed by atoms with Crippen molar-refractivity contribution in [2.75, 3.05) is 14.2 Å². The van der Waals surface area contributed by atoms with Gasteiger partial charge in [0.15, 0.2) is 5.65 Å². The summed E-state index contributed by atoms with van der Waals surface area (Å²) in [6, 6.07) is 7.51. The fraction of sp³-hybridized carbons (Fsp3) is 0.125. The number of aromatic nitrogens is 2. The lowest BCUT2D eigenvalue weighted by Crippen LogP contribution is -2.26. The van der Waals surface area contributed by atoms with Crippen LogP contribution in [0.15, 0.2) is 42.7 Å². The Morgan fingerprint density at radius 2 is 2.17 bits per heavy atom. The third-order valence-corrected chi connectivity index (χ3v) is 3.79. The zero-order valence-corrected chi connectivity index (χ0v) is 13.2. The van der Waals surface area contributed by atoms with Gasteiger partial charge in [-0.05, 0) is 18.2 Å². The third-order valence-electron chi connectivity index (χ3n) is 3.51. The van der Waals surface area contributed by atoms with Crippen LogP contribution >= 0.6 is 11.6 Å². The number of benzene rings is 1. The Balaban J connectivity index is 2.34. The first-order chi connectivity index (χ1) is 11.0. The van der Waals surface area contributed by atoms with E-state index in [1.54, 1.807) is 28.9 Å². The van der Waals surface area contributed by atoms with Gasteiger partial charge in [0.25, 0.3) is 5.91 Å². The lowest BCUT2D eigenvalue weighted by atomic mass is 10.0. The number of pyridine rings is 1. The highest BCUT2D eigenvalue weighted by Gasteiger charge is 2.22. The van der Waals surface area contributed by atoms with Crippen LogP contribution in [0.1, 0.15) is 10.4 Å². The molecule has 0 fully saturated rings. The van der Waals surface area contributed by atoms with Crippen molar-refractivity contribution < 1.29 is 14.0 Å². The van der Waals surface area contributed by atoms with Crippen LogP contribution in [-0.4, -0.2) is 34.5 Å². The molecule has 0 aliphatic carbocycles. The molecule has 0 aliphatic heterocycles. The minimum atomic E-state index is -0.399. The number of carbonyl (C=O) groups excluding carboxylic acids is 1. The Hall–Kier alpha value is -2.44. The lowest BCUT2D eigenvalue weighted by molar-refractivity contribution is -0.0756. The molecule has 0 N–H and O–H groups in total. The molecule has 0 bridgehead atoms. The fourth-order valence-electron chi connectivity index (χ4n) is 2.40. The SMILES string of the molecule is CON(C)C(=O)c1cc(Cl)c2nccn2c1-c1cccc(F)c1. The summed E-state index contributed by atoms with van der Waals surface area (Å²) in [7, 11) is 2.88. The maximum absolute atomic E-state index is 13.6. The zero-order valence-electron chi connectivity index (χ0n) is 12.5. The van der Waals surface area contributed by atoms with E-state index in [1.165, 1.54) is 32.4 Å². The van der Waals surface area contributed by atoms with Gasteiger partial charge in [0.05, 0.1) is 23.4 Å². The normalized spacial score (nSPS) is 11.0. The van der Waals surface area contributed by atoms with E-state index in [4.69, 9.17) is 16.4 Å². The smallest absolute Gasteiger partial charge is 0.279 e. The first-order valence-electron chi connectivity index (χ1n) is 6.76. The van der Waals surface area contributed by atoms with E-state index in [0.29, 0.717) is 21.9 Å². The quantitative estimate of drug-likeness (QED) is 0.690. The molecule has 118 valence electrons. The summed E-state index contributed by atoms with van der Waals surface area (Å²) in [5.41, 5.74) is 1.81. The van der Waals surface area contributed by atoms with Crippen LogP contribution in [-0.2, 0) is 4.84 Å². The Bertz CT molecular complexity index is 894. The molecule has 0 aliphatic rings. The molecule has 0 unspecified atom stereocenters. The van der Waals surface area contributed by atoms with Crippen LogP contribution in [0.2, 0.25) is 5.02 Å². The van der Waals surface area contributed by atoms with Crippen LogP contribution in [0.3, 0.4) is 0 Å². The van der Waals surface area contributed by atoms with Crippen LogP contribution in [0.4, 0.5) is 4.39 Å². The highest BCUT2D eigenvalue weighted by molar-refractivity contribution is 6.34. The average molecular weight is 334 g/mol. The first-order valence-corrected chi connectivity index (χ1v) is 7.14. The Morgan fingerprint density at radius 3 is 2.87 bits per heavy atom. The van der Waals surface area contributed by atoms with Gasteiger partial charge >= 0.3 is 0 Å². The van der Waals surface area contributed by atoms with Gasteiger partial charge in [-0.1, -0.05) is 23.7 Å². The van der Waals surface area contributed by atoms with Gasteiger partial charge in [-0.2, -0.15) is 0 Å². The molecule has 0 spiro atoms. The minimum Gasteiger partial charge on any atom is -0.298 e. The van der Waals surface area contributed by atoms with Crippen molar-refractivity contribution in [1.29, 1.82) is 0 Å². The predicted octanol–water partition coefficient (Wildman–Crippen LogP) is 3.43. The van der Waals surface area contributed by atoms with Crippen molar-refractivity contribution in [3.8, 4) is 11.3 Å². The maximum atomic E-state index is 13.6. The van der Waals surface area contributed by atoms with Gasteiger partial charge in [-0.15, -0.1) is 0 Å². The summed E-state index contributed by atoms with van der Waals surface area (Å²) >= 11 is 6.22. The van der Waals surface area contributed by atoms with Crippen molar-refractivity contribution in [3.05, 3.63) is 59.1 Å². The summed E-state index contributed by atoms with van der Waals surface area (Å²) in [5.74, 6) is -0.798. The Kier molecular flexibility index (Phi) is 4.02. The van der Waals surface area contributed by atoms with Gasteiger partial charge in [0.2, 0.25) is 0 Å². The van der Waals surface area contributed by atoms with Gasteiger partial charge in [0, 0.05) is 25.0 Å². The first kappa shape index (κ1) is 15.5. The van der Waals surface area contributed by atoms with Crippen molar-refractivity contribution in [1.82, 2.24) is 14.4 Å². The van der Waals surface area contributed by atoms with Crippen LogP contribution < -0.4 is 0 Å². The van der Waals surface area contributed by atoms with Crippen molar-refractivity contribution >= 4 is 23.2 Å². The molecule has 2 aromatic heterocycles. The van der Waals surface area contributed by atoms with Gasteiger partial charge in [0.1, 0.15) is 5.82 Å². The van der Waals surface area contributed by atoms with Crippen molar-refractivity contribution in [3.63, 3.8) is 0 Å². The number of hydrogen-bond acceptors (Lipinski definition) is 3. The lowest BCUT2D eigenvalue weighted by Gasteiger charge is -2.18. The van der Waals surface area contributed by atoms with Crippen LogP contribution in [0.25, 0.3) is 16.9 Å². The Morgan fingerprint density at radius 1 is 1.39 bits per heavy atom. The van der Waals surface area contributed by atoms with E-state index in [1.807, 2.05) is 0 Å². The molecule has 0 atom stereocenters. The fourth-order valence-corrected chi connectivity index (χ4v) is 2.64. The molecule has 0 saturated heterocycles. The number of rotatable bonds is 3. The average Bonchev–Trinajstić information content (AvgIpc) is 3.03. The molecule has 3 aromatic rings. The molecule has 0 radical (unpaired) electrons. The van der Waals surface area contributed by atoms with Crippen LogP contribution in [0.5, 0.6) is 0 Å². The third kappa shape index (κ3) is 2.67. The molecule has 2 heterocycles. The van der Waals surface area contributed by atoms with E-state index in [9.17, 15) is 9.18 Å². The maximum Gasteiger partial charge on any atom is 0.279 e. The molecule has 1 amide bonds. The number of fused-ring (bicyclic) bond motifs is 1. The number of nitrogens with zero attached hydrogens (tertiary/aromatic N) is 3. The second-order valence-corrected chi connectivity index (χ2v) is 5.28. The molecule has 1 aromatic carbocycles. The zero-order chi connectivity index (χ0) is 16.6. The van der Waals surface area contributed by atoms with Gasteiger partial charge < -0.3 is 0 Å². The molecule has 23 heavy (non-hydrogen) atoms. The van der Waals surface area contributed by atoms with Crippen molar-refractivity contribution in [2.45, 2.75) is 0 Å². The van der Waals surface area contributed by atoms with Gasteiger partial charge in [-0.25, -0.2) is 14.4 Å². The van der Waals surface area contributed by atoms with E-state index in [0.717, 1.165) is 5.06 Å². The molecular formula is C16H13ClFN3O2. The number of hydroxylamine groups is 2. The van der Waals surface area contributed by atoms with Crippen molar-refractivity contribution in [2.24, 2.45) is 0 Å².